The maximum Gasteiger partial charge on any atom is 0.229 e. The maximum atomic E-state index is 11.8. The van der Waals surface area contributed by atoms with Gasteiger partial charge in [0.15, 0.2) is 0 Å². The molecule has 1 aromatic carbocycles. The lowest BCUT2D eigenvalue weighted by molar-refractivity contribution is -0.129. The zero-order chi connectivity index (χ0) is 17.0. The Bertz CT molecular complexity index is 552. The molecule has 0 saturated heterocycles. The molecule has 4 heteroatoms. The van der Waals surface area contributed by atoms with Gasteiger partial charge < -0.3 is 10.6 Å². The van der Waals surface area contributed by atoms with E-state index in [2.05, 4.69) is 28.8 Å². The van der Waals surface area contributed by atoms with Crippen molar-refractivity contribution in [3.8, 4) is 0 Å². The van der Waals surface area contributed by atoms with Crippen molar-refractivity contribution in [3.63, 3.8) is 0 Å². The van der Waals surface area contributed by atoms with Gasteiger partial charge in [-0.2, -0.15) is 0 Å². The summed E-state index contributed by atoms with van der Waals surface area (Å²) in [5.41, 5.74) is 2.70. The van der Waals surface area contributed by atoms with Crippen LogP contribution in [0.1, 0.15) is 50.5 Å². The number of carbonyl (C=O) groups excluding carboxylic acids is 2. The first kappa shape index (κ1) is 18.2. The highest BCUT2D eigenvalue weighted by atomic mass is 16.2. The van der Waals surface area contributed by atoms with Gasteiger partial charge in [-0.1, -0.05) is 42.0 Å². The molecule has 0 aliphatic heterocycles. The number of hydrogen-bond donors (Lipinski definition) is 2. The van der Waals surface area contributed by atoms with Gasteiger partial charge in [0.25, 0.3) is 0 Å². The fourth-order valence-corrected chi connectivity index (χ4v) is 2.93. The largest absolute Gasteiger partial charge is 0.356 e. The lowest BCUT2D eigenvalue weighted by Crippen LogP contribution is -2.33. The fourth-order valence-electron chi connectivity index (χ4n) is 2.93. The van der Waals surface area contributed by atoms with E-state index in [1.54, 1.807) is 0 Å². The molecule has 2 N–H and O–H groups in total. The van der Waals surface area contributed by atoms with Crippen LogP contribution in [0.4, 0.5) is 0 Å². The van der Waals surface area contributed by atoms with Crippen molar-refractivity contribution in [2.24, 2.45) is 0 Å². The van der Waals surface area contributed by atoms with Gasteiger partial charge >= 0.3 is 0 Å². The number of hydrogen-bond acceptors (Lipinski definition) is 2. The molecule has 0 bridgehead atoms. The second kappa shape index (κ2) is 10.6. The topological polar surface area (TPSA) is 58.2 Å². The molecule has 130 valence electrons. The molecule has 0 fully saturated rings. The number of rotatable bonds is 9. The predicted octanol–water partition coefficient (Wildman–Crippen LogP) is 3.13. The standard InChI is InChI=1S/C20H28N2O2/c23-19(21-14-7-12-17-8-3-1-4-9-17)16-20(24)22-15-13-18-10-5-2-6-11-18/h1,3-4,8-10H,2,5-7,11-16H2,(H,21,23)(H,22,24). The van der Waals surface area contributed by atoms with Crippen molar-refractivity contribution in [1.82, 2.24) is 10.6 Å². The van der Waals surface area contributed by atoms with Crippen molar-refractivity contribution in [2.75, 3.05) is 13.1 Å². The van der Waals surface area contributed by atoms with Gasteiger partial charge in [-0.05, 0) is 50.5 Å². The zero-order valence-corrected chi connectivity index (χ0v) is 14.4. The molecule has 0 aromatic heterocycles. The lowest BCUT2D eigenvalue weighted by atomic mass is 9.97. The average Bonchev–Trinajstić information content (AvgIpc) is 2.60. The molecule has 2 amide bonds. The normalized spacial score (nSPS) is 13.9. The molecule has 0 saturated carbocycles. The second-order valence-electron chi connectivity index (χ2n) is 6.32. The number of nitrogens with one attached hydrogen (secondary N) is 2. The predicted molar refractivity (Wildman–Crippen MR) is 96.6 cm³/mol. The highest BCUT2D eigenvalue weighted by Crippen LogP contribution is 2.19. The second-order valence-corrected chi connectivity index (χ2v) is 6.32. The quantitative estimate of drug-likeness (QED) is 0.416. The van der Waals surface area contributed by atoms with Crippen LogP contribution in [0.2, 0.25) is 0 Å². The molecule has 0 heterocycles. The van der Waals surface area contributed by atoms with Gasteiger partial charge in [0.2, 0.25) is 11.8 Å². The summed E-state index contributed by atoms with van der Waals surface area (Å²) in [5, 5.41) is 5.65. The van der Waals surface area contributed by atoms with Crippen LogP contribution in [-0.2, 0) is 16.0 Å². The highest BCUT2D eigenvalue weighted by Gasteiger charge is 2.09. The first-order chi connectivity index (χ1) is 11.7. The summed E-state index contributed by atoms with van der Waals surface area (Å²) in [6.07, 6.45) is 9.77. The minimum Gasteiger partial charge on any atom is -0.356 e. The van der Waals surface area contributed by atoms with Crippen molar-refractivity contribution in [3.05, 3.63) is 47.5 Å². The first-order valence-electron chi connectivity index (χ1n) is 8.99. The molecule has 0 spiro atoms. The summed E-state index contributed by atoms with van der Waals surface area (Å²) >= 11 is 0. The Morgan fingerprint density at radius 2 is 1.67 bits per heavy atom. The van der Waals surface area contributed by atoms with Crippen LogP contribution in [-0.4, -0.2) is 24.9 Å². The van der Waals surface area contributed by atoms with E-state index in [9.17, 15) is 9.59 Å². The van der Waals surface area contributed by atoms with Crippen LogP contribution in [0, 0.1) is 0 Å². The SMILES string of the molecule is O=C(CC(=O)NCCC1=CCCCC1)NCCCc1ccccc1. The molecule has 0 radical (unpaired) electrons. The third-order valence-corrected chi connectivity index (χ3v) is 4.28. The van der Waals surface area contributed by atoms with Crippen LogP contribution in [0.5, 0.6) is 0 Å². The smallest absolute Gasteiger partial charge is 0.229 e. The molecule has 1 aliphatic carbocycles. The summed E-state index contributed by atoms with van der Waals surface area (Å²) < 4.78 is 0. The summed E-state index contributed by atoms with van der Waals surface area (Å²) in [4.78, 5) is 23.5. The Morgan fingerprint density at radius 1 is 0.917 bits per heavy atom. The van der Waals surface area contributed by atoms with Gasteiger partial charge in [0.1, 0.15) is 6.42 Å². The Balaban J connectivity index is 1.51. The van der Waals surface area contributed by atoms with Gasteiger partial charge in [-0.15, -0.1) is 0 Å². The van der Waals surface area contributed by atoms with E-state index in [4.69, 9.17) is 0 Å². The van der Waals surface area contributed by atoms with Gasteiger partial charge in [-0.3, -0.25) is 9.59 Å². The van der Waals surface area contributed by atoms with Crippen molar-refractivity contribution in [2.45, 2.75) is 51.4 Å². The van der Waals surface area contributed by atoms with Crippen LogP contribution >= 0.6 is 0 Å². The molecule has 24 heavy (non-hydrogen) atoms. The van der Waals surface area contributed by atoms with E-state index in [-0.39, 0.29) is 18.2 Å². The average molecular weight is 328 g/mol. The van der Waals surface area contributed by atoms with E-state index in [1.807, 2.05) is 18.2 Å². The minimum atomic E-state index is -0.197. The van der Waals surface area contributed by atoms with Crippen LogP contribution < -0.4 is 10.6 Å². The van der Waals surface area contributed by atoms with Crippen molar-refractivity contribution in [1.29, 1.82) is 0 Å². The summed E-state index contributed by atoms with van der Waals surface area (Å²) in [6, 6.07) is 10.2. The van der Waals surface area contributed by atoms with E-state index in [0.717, 1.165) is 32.1 Å². The molecule has 0 unspecified atom stereocenters. The van der Waals surface area contributed by atoms with Gasteiger partial charge in [-0.25, -0.2) is 0 Å². The summed E-state index contributed by atoms with van der Waals surface area (Å²) in [7, 11) is 0. The molecule has 4 nitrogen and oxygen atoms in total. The van der Waals surface area contributed by atoms with E-state index < -0.39 is 0 Å². The minimum absolute atomic E-state index is 0.0790. The van der Waals surface area contributed by atoms with Crippen LogP contribution in [0.3, 0.4) is 0 Å². The third-order valence-electron chi connectivity index (χ3n) is 4.28. The van der Waals surface area contributed by atoms with Crippen LogP contribution in [0.15, 0.2) is 42.0 Å². The highest BCUT2D eigenvalue weighted by molar-refractivity contribution is 5.96. The van der Waals surface area contributed by atoms with E-state index >= 15 is 0 Å². The molecule has 2 rings (SSSR count). The fraction of sp³-hybridized carbons (Fsp3) is 0.500. The number of aryl methyl sites for hydroxylation is 1. The molecule has 0 atom stereocenters. The lowest BCUT2D eigenvalue weighted by Gasteiger charge is -2.13. The van der Waals surface area contributed by atoms with E-state index in [1.165, 1.54) is 24.0 Å². The number of amides is 2. The number of benzene rings is 1. The van der Waals surface area contributed by atoms with Gasteiger partial charge in [0, 0.05) is 13.1 Å². The Labute approximate surface area is 144 Å². The van der Waals surface area contributed by atoms with Crippen molar-refractivity contribution >= 4 is 11.8 Å². The molecule has 1 aromatic rings. The molecule has 1 aliphatic rings. The first-order valence-corrected chi connectivity index (χ1v) is 8.99. The summed E-state index contributed by atoms with van der Waals surface area (Å²) in [6.45, 7) is 1.24. The monoisotopic (exact) mass is 328 g/mol. The van der Waals surface area contributed by atoms with Crippen molar-refractivity contribution < 1.29 is 9.59 Å². The van der Waals surface area contributed by atoms with Crippen LogP contribution in [0.25, 0.3) is 0 Å². The zero-order valence-electron chi connectivity index (χ0n) is 14.4. The molecular formula is C20H28N2O2. The summed E-state index contributed by atoms with van der Waals surface area (Å²) in [5.74, 6) is -0.385. The Hall–Kier alpha value is -2.10. The third kappa shape index (κ3) is 7.44. The maximum absolute atomic E-state index is 11.8. The molecular weight excluding hydrogens is 300 g/mol. The number of carbonyl (C=O) groups is 2. The Kier molecular flexibility index (Phi) is 8.08. The van der Waals surface area contributed by atoms with Gasteiger partial charge in [0.05, 0.1) is 0 Å². The number of allylic oxidation sites excluding steroid dienone is 1. The Morgan fingerprint density at radius 3 is 2.38 bits per heavy atom. The van der Waals surface area contributed by atoms with E-state index in [0.29, 0.717) is 13.1 Å².